The van der Waals surface area contributed by atoms with Crippen LogP contribution in [0.5, 0.6) is 0 Å². The number of methoxy groups -OCH3 is 1. The van der Waals surface area contributed by atoms with E-state index in [1.807, 2.05) is 0 Å². The van der Waals surface area contributed by atoms with Crippen LogP contribution in [0.15, 0.2) is 30.9 Å². The average Bonchev–Trinajstić information content (AvgIpc) is 2.30. The van der Waals surface area contributed by atoms with Crippen molar-refractivity contribution >= 4 is 17.6 Å². The van der Waals surface area contributed by atoms with Gasteiger partial charge in [0.15, 0.2) is 0 Å². The molecule has 0 heterocycles. The number of carbonyl (C=O) groups is 2. The molecule has 0 aromatic heterocycles. The second kappa shape index (κ2) is 5.06. The second-order valence-corrected chi connectivity index (χ2v) is 2.88. The van der Waals surface area contributed by atoms with Crippen LogP contribution in [-0.4, -0.2) is 19.0 Å². The van der Waals surface area contributed by atoms with Crippen LogP contribution in [0.3, 0.4) is 0 Å². The van der Waals surface area contributed by atoms with Crippen LogP contribution in [0.1, 0.15) is 10.4 Å². The fourth-order valence-electron chi connectivity index (χ4n) is 1.05. The minimum Gasteiger partial charge on any atom is -0.465 e. The number of nitrogens with one attached hydrogen (secondary N) is 1. The summed E-state index contributed by atoms with van der Waals surface area (Å²) in [6.45, 7) is 3.23. The van der Waals surface area contributed by atoms with Crippen molar-refractivity contribution in [1.82, 2.24) is 0 Å². The summed E-state index contributed by atoms with van der Waals surface area (Å²) in [6, 6.07) is 3.54. The molecule has 0 radical (unpaired) electrons. The van der Waals surface area contributed by atoms with Gasteiger partial charge in [0.1, 0.15) is 5.82 Å². The quantitative estimate of drug-likeness (QED) is 0.627. The summed E-state index contributed by atoms with van der Waals surface area (Å²) in [5, 5.41) is 2.24. The maximum Gasteiger partial charge on any atom is 0.337 e. The zero-order valence-electron chi connectivity index (χ0n) is 8.62. The van der Waals surface area contributed by atoms with E-state index in [9.17, 15) is 14.0 Å². The minimum atomic E-state index is -0.636. The summed E-state index contributed by atoms with van der Waals surface area (Å²) in [7, 11) is 1.22. The molecule has 0 saturated heterocycles. The third-order valence-corrected chi connectivity index (χ3v) is 1.83. The Kier molecular flexibility index (Phi) is 3.77. The van der Waals surface area contributed by atoms with E-state index >= 15 is 0 Å². The Balaban J connectivity index is 3.03. The van der Waals surface area contributed by atoms with Gasteiger partial charge in [-0.3, -0.25) is 4.79 Å². The van der Waals surface area contributed by atoms with Gasteiger partial charge in [-0.2, -0.15) is 0 Å². The number of hydrogen-bond donors (Lipinski definition) is 1. The molecule has 5 heteroatoms. The summed E-state index contributed by atoms with van der Waals surface area (Å²) >= 11 is 0. The lowest BCUT2D eigenvalue weighted by Crippen LogP contribution is -2.10. The van der Waals surface area contributed by atoms with Crippen LogP contribution in [0, 0.1) is 5.82 Å². The zero-order valence-corrected chi connectivity index (χ0v) is 8.62. The SMILES string of the molecule is C=CC(=O)Nc1cc(C(=O)OC)ccc1F. The van der Waals surface area contributed by atoms with Gasteiger partial charge < -0.3 is 10.1 Å². The molecule has 1 rings (SSSR count). The molecule has 0 saturated carbocycles. The van der Waals surface area contributed by atoms with Crippen LogP contribution < -0.4 is 5.32 Å². The van der Waals surface area contributed by atoms with Gasteiger partial charge in [0.2, 0.25) is 5.91 Å². The normalized spacial score (nSPS) is 9.38. The summed E-state index contributed by atoms with van der Waals surface area (Å²) in [5.41, 5.74) is 0.0658. The highest BCUT2D eigenvalue weighted by molar-refractivity contribution is 6.00. The van der Waals surface area contributed by atoms with Crippen molar-refractivity contribution < 1.29 is 18.7 Å². The second-order valence-electron chi connectivity index (χ2n) is 2.88. The zero-order chi connectivity index (χ0) is 12.1. The number of amides is 1. The first-order valence-corrected chi connectivity index (χ1v) is 4.39. The third kappa shape index (κ3) is 2.66. The van der Waals surface area contributed by atoms with Crippen molar-refractivity contribution in [3.8, 4) is 0 Å². The van der Waals surface area contributed by atoms with Gasteiger partial charge in [0.25, 0.3) is 0 Å². The molecule has 0 spiro atoms. The maximum atomic E-state index is 13.2. The molecule has 1 aromatic carbocycles. The largest absolute Gasteiger partial charge is 0.465 e. The maximum absolute atomic E-state index is 13.2. The lowest BCUT2D eigenvalue weighted by Gasteiger charge is -2.05. The Morgan fingerprint density at radius 1 is 1.50 bits per heavy atom. The molecule has 0 bridgehead atoms. The molecular formula is C11H10FNO3. The van der Waals surface area contributed by atoms with Gasteiger partial charge in [-0.15, -0.1) is 0 Å². The van der Waals surface area contributed by atoms with Crippen molar-refractivity contribution in [1.29, 1.82) is 0 Å². The van der Waals surface area contributed by atoms with Crippen molar-refractivity contribution in [2.75, 3.05) is 12.4 Å². The van der Waals surface area contributed by atoms with Crippen LogP contribution in [0.2, 0.25) is 0 Å². The van der Waals surface area contributed by atoms with Gasteiger partial charge in [-0.1, -0.05) is 6.58 Å². The Labute approximate surface area is 91.7 Å². The van der Waals surface area contributed by atoms with E-state index in [0.29, 0.717) is 0 Å². The Bertz CT molecular complexity index is 443. The van der Waals surface area contributed by atoms with Crippen molar-refractivity contribution in [2.24, 2.45) is 0 Å². The van der Waals surface area contributed by atoms with E-state index in [4.69, 9.17) is 0 Å². The van der Waals surface area contributed by atoms with Gasteiger partial charge >= 0.3 is 5.97 Å². The highest BCUT2D eigenvalue weighted by Gasteiger charge is 2.10. The molecule has 16 heavy (non-hydrogen) atoms. The number of rotatable bonds is 3. The fourth-order valence-corrected chi connectivity index (χ4v) is 1.05. The van der Waals surface area contributed by atoms with Crippen LogP contribution >= 0.6 is 0 Å². The first-order valence-electron chi connectivity index (χ1n) is 4.39. The Morgan fingerprint density at radius 2 is 2.19 bits per heavy atom. The average molecular weight is 223 g/mol. The summed E-state index contributed by atoms with van der Waals surface area (Å²) in [5.74, 6) is -1.79. The van der Waals surface area contributed by atoms with E-state index in [0.717, 1.165) is 12.1 Å². The monoisotopic (exact) mass is 223 g/mol. The molecule has 4 nitrogen and oxygen atoms in total. The van der Waals surface area contributed by atoms with E-state index in [1.165, 1.54) is 19.2 Å². The van der Waals surface area contributed by atoms with E-state index in [2.05, 4.69) is 16.6 Å². The Hall–Kier alpha value is -2.17. The molecule has 1 aromatic rings. The fraction of sp³-hybridized carbons (Fsp3) is 0.0909. The number of carbonyl (C=O) groups excluding carboxylic acids is 2. The molecule has 0 aliphatic heterocycles. The van der Waals surface area contributed by atoms with E-state index < -0.39 is 17.7 Å². The van der Waals surface area contributed by atoms with Crippen molar-refractivity contribution in [3.63, 3.8) is 0 Å². The predicted molar refractivity (Wildman–Crippen MR) is 56.6 cm³/mol. The van der Waals surface area contributed by atoms with Crippen LogP contribution in [-0.2, 0) is 9.53 Å². The van der Waals surface area contributed by atoms with E-state index in [-0.39, 0.29) is 11.3 Å². The predicted octanol–water partition coefficient (Wildman–Crippen LogP) is 1.74. The number of hydrogen-bond acceptors (Lipinski definition) is 3. The highest BCUT2D eigenvalue weighted by Crippen LogP contribution is 2.16. The lowest BCUT2D eigenvalue weighted by molar-refractivity contribution is -0.111. The summed E-state index contributed by atoms with van der Waals surface area (Å²) in [4.78, 5) is 22.1. The van der Waals surface area contributed by atoms with Crippen molar-refractivity contribution in [2.45, 2.75) is 0 Å². The number of benzene rings is 1. The Morgan fingerprint density at radius 3 is 2.75 bits per heavy atom. The number of ether oxygens (including phenoxy) is 1. The standard InChI is InChI=1S/C11H10FNO3/c1-3-10(14)13-9-6-7(11(15)16-2)4-5-8(9)12/h3-6H,1H2,2H3,(H,13,14). The van der Waals surface area contributed by atoms with Crippen molar-refractivity contribution in [3.05, 3.63) is 42.2 Å². The molecule has 0 unspecified atom stereocenters. The number of anilines is 1. The summed E-state index contributed by atoms with van der Waals surface area (Å²) in [6.07, 6.45) is 1.00. The smallest absolute Gasteiger partial charge is 0.337 e. The molecule has 1 N–H and O–H groups in total. The number of halogens is 1. The molecule has 0 aliphatic rings. The highest BCUT2D eigenvalue weighted by atomic mass is 19.1. The molecule has 0 atom stereocenters. The minimum absolute atomic E-state index is 0.0900. The molecule has 1 amide bonds. The third-order valence-electron chi connectivity index (χ3n) is 1.83. The lowest BCUT2D eigenvalue weighted by atomic mass is 10.2. The van der Waals surface area contributed by atoms with Gasteiger partial charge in [-0.05, 0) is 24.3 Å². The number of esters is 1. The topological polar surface area (TPSA) is 55.4 Å². The van der Waals surface area contributed by atoms with Gasteiger partial charge in [0.05, 0.1) is 18.4 Å². The molecule has 0 aliphatic carbocycles. The van der Waals surface area contributed by atoms with E-state index in [1.54, 1.807) is 0 Å². The molecule has 84 valence electrons. The van der Waals surface area contributed by atoms with Crippen LogP contribution in [0.4, 0.5) is 10.1 Å². The first-order chi connectivity index (χ1) is 7.58. The van der Waals surface area contributed by atoms with Gasteiger partial charge in [0, 0.05) is 0 Å². The van der Waals surface area contributed by atoms with Gasteiger partial charge in [-0.25, -0.2) is 9.18 Å². The first kappa shape index (κ1) is 11.9. The summed E-state index contributed by atoms with van der Waals surface area (Å²) < 4.78 is 17.7. The molecule has 0 fully saturated rings. The molecular weight excluding hydrogens is 213 g/mol. The van der Waals surface area contributed by atoms with Crippen LogP contribution in [0.25, 0.3) is 0 Å².